The Hall–Kier alpha value is -3.80. The standard InChI is InChI=1S/C21H18N6/c1-16-23-15-27(26-16)20-11-9-18(10-12-20)24-21-22-14-13-19(25-21)8-7-17-5-3-2-4-6-17/h2-15H,1H3,(H,22,24,25)/b8-7+. The fourth-order valence-electron chi connectivity index (χ4n) is 2.57. The number of rotatable bonds is 5. The highest BCUT2D eigenvalue weighted by molar-refractivity contribution is 5.68. The van der Waals surface area contributed by atoms with Gasteiger partial charge in [0.25, 0.3) is 0 Å². The fourth-order valence-corrected chi connectivity index (χ4v) is 2.57. The van der Waals surface area contributed by atoms with Gasteiger partial charge < -0.3 is 5.32 Å². The Bertz CT molecular complexity index is 1050. The predicted molar refractivity (Wildman–Crippen MR) is 107 cm³/mol. The Kier molecular flexibility index (Phi) is 4.70. The highest BCUT2D eigenvalue weighted by atomic mass is 15.3. The molecule has 27 heavy (non-hydrogen) atoms. The molecule has 0 aliphatic heterocycles. The zero-order valence-corrected chi connectivity index (χ0v) is 14.8. The first-order chi connectivity index (χ1) is 13.3. The predicted octanol–water partition coefficient (Wildman–Crippen LogP) is 4.28. The SMILES string of the molecule is Cc1ncn(-c2ccc(Nc3nccc(/C=C/c4ccccc4)n3)cc2)n1. The van der Waals surface area contributed by atoms with Gasteiger partial charge in [0.05, 0.1) is 11.4 Å². The van der Waals surface area contributed by atoms with E-state index < -0.39 is 0 Å². The zero-order chi connectivity index (χ0) is 18.5. The maximum absolute atomic E-state index is 4.53. The van der Waals surface area contributed by atoms with Crippen molar-refractivity contribution in [3.05, 3.63) is 90.3 Å². The van der Waals surface area contributed by atoms with E-state index in [4.69, 9.17) is 0 Å². The Balaban J connectivity index is 1.47. The van der Waals surface area contributed by atoms with E-state index in [9.17, 15) is 0 Å². The number of nitrogens with one attached hydrogen (secondary N) is 1. The van der Waals surface area contributed by atoms with Crippen LogP contribution in [0.25, 0.3) is 17.8 Å². The van der Waals surface area contributed by atoms with Crippen LogP contribution in [0.15, 0.2) is 73.2 Å². The van der Waals surface area contributed by atoms with Gasteiger partial charge in [-0.25, -0.2) is 19.6 Å². The summed E-state index contributed by atoms with van der Waals surface area (Å²) in [4.78, 5) is 13.0. The minimum Gasteiger partial charge on any atom is -0.324 e. The molecule has 0 amide bonds. The number of nitrogens with zero attached hydrogens (tertiary/aromatic N) is 5. The average molecular weight is 354 g/mol. The van der Waals surface area contributed by atoms with Crippen LogP contribution < -0.4 is 5.32 Å². The van der Waals surface area contributed by atoms with Crippen molar-refractivity contribution in [1.82, 2.24) is 24.7 Å². The molecule has 0 aliphatic carbocycles. The van der Waals surface area contributed by atoms with Crippen molar-refractivity contribution in [3.63, 3.8) is 0 Å². The number of aromatic nitrogens is 5. The van der Waals surface area contributed by atoms with Gasteiger partial charge in [-0.3, -0.25) is 0 Å². The lowest BCUT2D eigenvalue weighted by molar-refractivity contribution is 0.863. The Morgan fingerprint density at radius 3 is 2.44 bits per heavy atom. The number of hydrogen-bond acceptors (Lipinski definition) is 5. The molecule has 0 spiro atoms. The van der Waals surface area contributed by atoms with Crippen molar-refractivity contribution in [2.24, 2.45) is 0 Å². The van der Waals surface area contributed by atoms with E-state index in [-0.39, 0.29) is 0 Å². The molecular formula is C21H18N6. The molecule has 0 aliphatic rings. The number of aryl methyl sites for hydroxylation is 1. The fraction of sp³-hybridized carbons (Fsp3) is 0.0476. The second-order valence-electron chi connectivity index (χ2n) is 5.96. The molecule has 2 aromatic heterocycles. The Morgan fingerprint density at radius 2 is 1.70 bits per heavy atom. The Morgan fingerprint density at radius 1 is 0.889 bits per heavy atom. The molecule has 132 valence electrons. The third-order valence-corrected chi connectivity index (χ3v) is 3.92. The van der Waals surface area contributed by atoms with Crippen LogP contribution in [0, 0.1) is 6.92 Å². The average Bonchev–Trinajstić information content (AvgIpc) is 3.14. The minimum absolute atomic E-state index is 0.551. The van der Waals surface area contributed by atoms with Gasteiger partial charge in [0.2, 0.25) is 5.95 Å². The Labute approximate surface area is 157 Å². The number of benzene rings is 2. The van der Waals surface area contributed by atoms with E-state index in [1.165, 1.54) is 0 Å². The van der Waals surface area contributed by atoms with Crippen LogP contribution in [0.5, 0.6) is 0 Å². The summed E-state index contributed by atoms with van der Waals surface area (Å²) in [7, 11) is 0. The van der Waals surface area contributed by atoms with E-state index in [0.29, 0.717) is 5.95 Å². The van der Waals surface area contributed by atoms with Crippen LogP contribution in [0.2, 0.25) is 0 Å². The van der Waals surface area contributed by atoms with E-state index in [0.717, 1.165) is 28.5 Å². The summed E-state index contributed by atoms with van der Waals surface area (Å²) in [6.07, 6.45) is 7.44. The lowest BCUT2D eigenvalue weighted by Gasteiger charge is -2.06. The molecule has 0 radical (unpaired) electrons. The molecule has 1 N–H and O–H groups in total. The summed E-state index contributed by atoms with van der Waals surface area (Å²) in [6, 6.07) is 19.9. The lowest BCUT2D eigenvalue weighted by Crippen LogP contribution is -1.99. The first-order valence-electron chi connectivity index (χ1n) is 8.58. The van der Waals surface area contributed by atoms with Crippen LogP contribution in [0.4, 0.5) is 11.6 Å². The molecule has 0 saturated carbocycles. The van der Waals surface area contributed by atoms with Gasteiger partial charge in [-0.15, -0.1) is 0 Å². The van der Waals surface area contributed by atoms with Crippen LogP contribution in [0.3, 0.4) is 0 Å². The largest absolute Gasteiger partial charge is 0.324 e. The molecule has 2 heterocycles. The lowest BCUT2D eigenvalue weighted by atomic mass is 10.2. The highest BCUT2D eigenvalue weighted by Crippen LogP contribution is 2.16. The molecular weight excluding hydrogens is 336 g/mol. The molecule has 0 fully saturated rings. The van der Waals surface area contributed by atoms with Gasteiger partial charge in [0, 0.05) is 11.9 Å². The summed E-state index contributed by atoms with van der Waals surface area (Å²) in [6.45, 7) is 1.86. The zero-order valence-electron chi connectivity index (χ0n) is 14.8. The highest BCUT2D eigenvalue weighted by Gasteiger charge is 2.02. The summed E-state index contributed by atoms with van der Waals surface area (Å²) < 4.78 is 1.74. The molecule has 6 heteroatoms. The van der Waals surface area contributed by atoms with Crippen molar-refractivity contribution in [2.45, 2.75) is 6.92 Å². The van der Waals surface area contributed by atoms with Crippen molar-refractivity contribution in [2.75, 3.05) is 5.32 Å². The smallest absolute Gasteiger partial charge is 0.227 e. The van der Waals surface area contributed by atoms with Crippen molar-refractivity contribution < 1.29 is 0 Å². The van der Waals surface area contributed by atoms with E-state index in [1.54, 1.807) is 17.2 Å². The van der Waals surface area contributed by atoms with Gasteiger partial charge in [-0.2, -0.15) is 5.10 Å². The molecule has 4 rings (SSSR count). The van der Waals surface area contributed by atoms with E-state index in [1.807, 2.05) is 67.6 Å². The molecule has 4 aromatic rings. The van der Waals surface area contributed by atoms with Crippen LogP contribution in [0.1, 0.15) is 17.1 Å². The van der Waals surface area contributed by atoms with Crippen molar-refractivity contribution in [1.29, 1.82) is 0 Å². The van der Waals surface area contributed by atoms with Crippen molar-refractivity contribution in [3.8, 4) is 5.69 Å². The monoisotopic (exact) mass is 354 g/mol. The van der Waals surface area contributed by atoms with Gasteiger partial charge >= 0.3 is 0 Å². The summed E-state index contributed by atoms with van der Waals surface area (Å²) in [5, 5.41) is 7.53. The molecule has 6 nitrogen and oxygen atoms in total. The van der Waals surface area contributed by atoms with Gasteiger partial charge in [0.15, 0.2) is 0 Å². The van der Waals surface area contributed by atoms with Crippen LogP contribution in [-0.2, 0) is 0 Å². The van der Waals surface area contributed by atoms with Gasteiger partial charge in [-0.1, -0.05) is 36.4 Å². The second-order valence-corrected chi connectivity index (χ2v) is 5.96. The van der Waals surface area contributed by atoms with E-state index >= 15 is 0 Å². The van der Waals surface area contributed by atoms with Gasteiger partial charge in [-0.05, 0) is 48.9 Å². The minimum atomic E-state index is 0.551. The third kappa shape index (κ3) is 4.24. The summed E-state index contributed by atoms with van der Waals surface area (Å²) in [5.74, 6) is 1.29. The first-order valence-corrected chi connectivity index (χ1v) is 8.58. The van der Waals surface area contributed by atoms with Crippen molar-refractivity contribution >= 4 is 23.8 Å². The molecule has 0 bridgehead atoms. The topological polar surface area (TPSA) is 68.5 Å². The normalized spacial score (nSPS) is 11.0. The van der Waals surface area contributed by atoms with Crippen LogP contribution in [-0.4, -0.2) is 24.7 Å². The maximum Gasteiger partial charge on any atom is 0.227 e. The first kappa shape index (κ1) is 16.7. The van der Waals surface area contributed by atoms with Crippen LogP contribution >= 0.6 is 0 Å². The summed E-state index contributed by atoms with van der Waals surface area (Å²) >= 11 is 0. The maximum atomic E-state index is 4.53. The number of anilines is 2. The molecule has 0 unspecified atom stereocenters. The molecule has 2 aromatic carbocycles. The number of hydrogen-bond donors (Lipinski definition) is 1. The van der Waals surface area contributed by atoms with Gasteiger partial charge in [0.1, 0.15) is 12.2 Å². The van der Waals surface area contributed by atoms with E-state index in [2.05, 4.69) is 37.5 Å². The second kappa shape index (κ2) is 7.61. The molecule has 0 atom stereocenters. The quantitative estimate of drug-likeness (QED) is 0.579. The summed E-state index contributed by atoms with van der Waals surface area (Å²) in [5.41, 5.74) is 3.82. The third-order valence-electron chi connectivity index (χ3n) is 3.92. The molecule has 0 saturated heterocycles.